The van der Waals surface area contributed by atoms with Crippen LogP contribution in [0.3, 0.4) is 0 Å². The molecule has 100 valence electrons. The van der Waals surface area contributed by atoms with Crippen LogP contribution in [-0.2, 0) is 0 Å². The molecule has 2 rings (SSSR count). The van der Waals surface area contributed by atoms with Crippen LogP contribution in [0.1, 0.15) is 18.5 Å². The van der Waals surface area contributed by atoms with E-state index in [9.17, 15) is 0 Å². The van der Waals surface area contributed by atoms with E-state index in [1.807, 2.05) is 0 Å². The first kappa shape index (κ1) is 14.2. The summed E-state index contributed by atoms with van der Waals surface area (Å²) in [6.07, 6.45) is 0. The Morgan fingerprint density at radius 3 is 2.83 bits per heavy atom. The Morgan fingerprint density at radius 1 is 1.44 bits per heavy atom. The Hall–Kier alpha value is -0.170. The van der Waals surface area contributed by atoms with Gasteiger partial charge in [-0.25, -0.2) is 0 Å². The molecule has 4 heteroatoms. The zero-order chi connectivity index (χ0) is 13.1. The van der Waals surface area contributed by atoms with Gasteiger partial charge in [0.05, 0.1) is 0 Å². The van der Waals surface area contributed by atoms with E-state index in [4.69, 9.17) is 5.73 Å². The third kappa shape index (κ3) is 3.23. The fourth-order valence-corrected chi connectivity index (χ4v) is 3.14. The highest BCUT2D eigenvalue weighted by Gasteiger charge is 2.26. The van der Waals surface area contributed by atoms with Gasteiger partial charge >= 0.3 is 0 Å². The molecule has 1 heterocycles. The minimum atomic E-state index is 0.357. The van der Waals surface area contributed by atoms with Crippen molar-refractivity contribution in [3.8, 4) is 0 Å². The van der Waals surface area contributed by atoms with Crippen molar-refractivity contribution in [3.63, 3.8) is 0 Å². The first-order valence-corrected chi connectivity index (χ1v) is 7.59. The summed E-state index contributed by atoms with van der Waals surface area (Å²) in [5, 5.41) is 0. The van der Waals surface area contributed by atoms with Gasteiger partial charge in [-0.1, -0.05) is 12.1 Å². The van der Waals surface area contributed by atoms with E-state index in [1.165, 1.54) is 9.13 Å². The SMILES string of the molecule is CC1CN(C(CN)c2cccc(I)c2)CCN1C. The largest absolute Gasteiger partial charge is 0.329 e. The molecule has 0 bridgehead atoms. The summed E-state index contributed by atoms with van der Waals surface area (Å²) in [5.74, 6) is 0. The number of halogens is 1. The van der Waals surface area contributed by atoms with Crippen molar-refractivity contribution in [2.45, 2.75) is 19.0 Å². The van der Waals surface area contributed by atoms with E-state index >= 15 is 0 Å². The van der Waals surface area contributed by atoms with Crippen LogP contribution in [0.15, 0.2) is 24.3 Å². The summed E-state index contributed by atoms with van der Waals surface area (Å²) in [7, 11) is 2.20. The molecule has 2 unspecified atom stereocenters. The van der Waals surface area contributed by atoms with Gasteiger partial charge in [-0.3, -0.25) is 4.90 Å². The molecule has 1 aliphatic heterocycles. The summed E-state index contributed by atoms with van der Waals surface area (Å²) < 4.78 is 1.28. The van der Waals surface area contributed by atoms with Gasteiger partial charge in [0, 0.05) is 41.8 Å². The average molecular weight is 359 g/mol. The molecule has 0 radical (unpaired) electrons. The number of piperazine rings is 1. The van der Waals surface area contributed by atoms with Gasteiger partial charge in [0.1, 0.15) is 0 Å². The average Bonchev–Trinajstić information content (AvgIpc) is 2.35. The highest BCUT2D eigenvalue weighted by Crippen LogP contribution is 2.23. The smallest absolute Gasteiger partial charge is 0.0472 e. The second-order valence-corrected chi connectivity index (χ2v) is 6.38. The maximum absolute atomic E-state index is 6.01. The zero-order valence-electron chi connectivity index (χ0n) is 11.1. The van der Waals surface area contributed by atoms with Crippen LogP contribution in [-0.4, -0.2) is 49.1 Å². The van der Waals surface area contributed by atoms with Gasteiger partial charge in [0.15, 0.2) is 0 Å². The molecule has 2 atom stereocenters. The molecule has 1 aromatic rings. The lowest BCUT2D eigenvalue weighted by atomic mass is 10.0. The van der Waals surface area contributed by atoms with E-state index in [0.29, 0.717) is 18.6 Å². The van der Waals surface area contributed by atoms with E-state index in [1.54, 1.807) is 0 Å². The summed E-state index contributed by atoms with van der Waals surface area (Å²) in [6, 6.07) is 9.67. The molecule has 0 aromatic heterocycles. The zero-order valence-corrected chi connectivity index (χ0v) is 13.3. The summed E-state index contributed by atoms with van der Waals surface area (Å²) in [4.78, 5) is 4.94. The number of benzene rings is 1. The van der Waals surface area contributed by atoms with Gasteiger partial charge < -0.3 is 10.6 Å². The Bertz CT molecular complexity index is 396. The summed E-state index contributed by atoms with van der Waals surface area (Å²) in [6.45, 7) is 6.31. The van der Waals surface area contributed by atoms with Crippen molar-refractivity contribution in [1.82, 2.24) is 9.80 Å². The third-order valence-corrected chi connectivity index (χ3v) is 4.56. The number of nitrogens with zero attached hydrogens (tertiary/aromatic N) is 2. The minimum Gasteiger partial charge on any atom is -0.329 e. The molecule has 1 aliphatic rings. The topological polar surface area (TPSA) is 32.5 Å². The molecule has 1 fully saturated rings. The second kappa shape index (κ2) is 6.32. The van der Waals surface area contributed by atoms with E-state index in [2.05, 4.69) is 70.6 Å². The molecule has 1 aromatic carbocycles. The number of hydrogen-bond donors (Lipinski definition) is 1. The van der Waals surface area contributed by atoms with Crippen LogP contribution in [0, 0.1) is 3.57 Å². The van der Waals surface area contributed by atoms with Crippen molar-refractivity contribution in [2.75, 3.05) is 33.2 Å². The van der Waals surface area contributed by atoms with Gasteiger partial charge in [-0.15, -0.1) is 0 Å². The van der Waals surface area contributed by atoms with Crippen LogP contribution in [0.5, 0.6) is 0 Å². The molecule has 3 nitrogen and oxygen atoms in total. The highest BCUT2D eigenvalue weighted by atomic mass is 127. The van der Waals surface area contributed by atoms with Crippen LogP contribution in [0.4, 0.5) is 0 Å². The monoisotopic (exact) mass is 359 g/mol. The molecule has 18 heavy (non-hydrogen) atoms. The fourth-order valence-electron chi connectivity index (χ4n) is 2.57. The lowest BCUT2D eigenvalue weighted by molar-refractivity contribution is 0.0741. The predicted molar refractivity (Wildman–Crippen MR) is 84.6 cm³/mol. The Kier molecular flexibility index (Phi) is 5.00. The highest BCUT2D eigenvalue weighted by molar-refractivity contribution is 14.1. The number of rotatable bonds is 3. The van der Waals surface area contributed by atoms with Crippen LogP contribution in [0.25, 0.3) is 0 Å². The Balaban J connectivity index is 2.14. The number of likely N-dealkylation sites (N-methyl/N-ethyl adjacent to an activating group) is 1. The molecule has 0 spiro atoms. The second-order valence-electron chi connectivity index (χ2n) is 5.13. The van der Waals surface area contributed by atoms with Crippen LogP contribution in [0.2, 0.25) is 0 Å². The Labute approximate surface area is 123 Å². The lowest BCUT2D eigenvalue weighted by Crippen LogP contribution is -2.52. The molecule has 0 saturated carbocycles. The number of hydrogen-bond acceptors (Lipinski definition) is 3. The standard InChI is InChI=1S/C14H22IN3/c1-11-10-18(7-6-17(11)2)14(9-16)12-4-3-5-13(15)8-12/h3-5,8,11,14H,6-7,9-10,16H2,1-2H3. The van der Waals surface area contributed by atoms with Gasteiger partial charge in [-0.2, -0.15) is 0 Å². The van der Waals surface area contributed by atoms with Crippen molar-refractivity contribution in [1.29, 1.82) is 0 Å². The van der Waals surface area contributed by atoms with Crippen molar-refractivity contribution >= 4 is 22.6 Å². The van der Waals surface area contributed by atoms with Crippen LogP contribution < -0.4 is 5.73 Å². The summed E-state index contributed by atoms with van der Waals surface area (Å²) in [5.41, 5.74) is 7.36. The van der Waals surface area contributed by atoms with Gasteiger partial charge in [0.25, 0.3) is 0 Å². The first-order valence-electron chi connectivity index (χ1n) is 6.51. The molecule has 2 N–H and O–H groups in total. The van der Waals surface area contributed by atoms with E-state index < -0.39 is 0 Å². The maximum atomic E-state index is 6.01. The van der Waals surface area contributed by atoms with Gasteiger partial charge in [-0.05, 0) is 54.3 Å². The lowest BCUT2D eigenvalue weighted by Gasteiger charge is -2.41. The van der Waals surface area contributed by atoms with Crippen molar-refractivity contribution < 1.29 is 0 Å². The molecular formula is C14H22IN3. The van der Waals surface area contributed by atoms with Gasteiger partial charge in [0.2, 0.25) is 0 Å². The van der Waals surface area contributed by atoms with E-state index in [0.717, 1.165) is 19.6 Å². The normalized spacial score (nSPS) is 24.1. The fraction of sp³-hybridized carbons (Fsp3) is 0.571. The van der Waals surface area contributed by atoms with Crippen molar-refractivity contribution in [3.05, 3.63) is 33.4 Å². The molecule has 0 aliphatic carbocycles. The third-order valence-electron chi connectivity index (χ3n) is 3.89. The number of nitrogens with two attached hydrogens (primary N) is 1. The quantitative estimate of drug-likeness (QED) is 0.838. The maximum Gasteiger partial charge on any atom is 0.0472 e. The van der Waals surface area contributed by atoms with Crippen LogP contribution >= 0.6 is 22.6 Å². The predicted octanol–water partition coefficient (Wildman–Crippen LogP) is 1.93. The first-order chi connectivity index (χ1) is 8.61. The Morgan fingerprint density at radius 2 is 2.22 bits per heavy atom. The molecule has 0 amide bonds. The van der Waals surface area contributed by atoms with Crippen molar-refractivity contribution in [2.24, 2.45) is 5.73 Å². The summed E-state index contributed by atoms with van der Waals surface area (Å²) >= 11 is 2.37. The molecular weight excluding hydrogens is 337 g/mol. The van der Waals surface area contributed by atoms with E-state index in [-0.39, 0.29) is 0 Å². The minimum absolute atomic E-state index is 0.357. The molecule has 1 saturated heterocycles.